The van der Waals surface area contributed by atoms with Crippen LogP contribution in [0.2, 0.25) is 5.02 Å². The lowest BCUT2D eigenvalue weighted by atomic mass is 9.75. The molecule has 1 aromatic carbocycles. The fourth-order valence-electron chi connectivity index (χ4n) is 2.14. The second-order valence-electron chi connectivity index (χ2n) is 6.16. The average Bonchev–Trinajstić information content (AvgIpc) is 2.56. The van der Waals surface area contributed by atoms with Gasteiger partial charge >= 0.3 is 13.3 Å². The van der Waals surface area contributed by atoms with E-state index in [9.17, 15) is 13.2 Å². The van der Waals surface area contributed by atoms with Crippen LogP contribution in [-0.2, 0) is 15.5 Å². The molecule has 0 aliphatic carbocycles. The number of ether oxygens (including phenoxy) is 1. The second-order valence-corrected chi connectivity index (χ2v) is 6.57. The lowest BCUT2D eigenvalue weighted by molar-refractivity contribution is -0.136. The molecule has 0 radical (unpaired) electrons. The minimum Gasteiger partial charge on any atom is -0.495 e. The summed E-state index contributed by atoms with van der Waals surface area (Å²) in [7, 11) is 0.190. The van der Waals surface area contributed by atoms with E-state index < -0.39 is 30.1 Å². The molecule has 1 saturated heterocycles. The molecular formula is C14H17BClF3O3. The quantitative estimate of drug-likeness (QED) is 0.771. The van der Waals surface area contributed by atoms with Crippen LogP contribution in [0.3, 0.4) is 0 Å². The van der Waals surface area contributed by atoms with E-state index >= 15 is 0 Å². The molecule has 0 atom stereocenters. The Bertz CT molecular complexity index is 571. The van der Waals surface area contributed by atoms with Gasteiger partial charge in [0, 0.05) is 0 Å². The zero-order valence-electron chi connectivity index (χ0n) is 13.0. The summed E-state index contributed by atoms with van der Waals surface area (Å²) in [5.41, 5.74) is -2.52. The first-order valence-corrected chi connectivity index (χ1v) is 7.07. The lowest BCUT2D eigenvalue weighted by Gasteiger charge is -2.32. The van der Waals surface area contributed by atoms with Crippen molar-refractivity contribution in [2.24, 2.45) is 0 Å². The topological polar surface area (TPSA) is 27.7 Å². The van der Waals surface area contributed by atoms with Crippen LogP contribution in [0.4, 0.5) is 13.2 Å². The van der Waals surface area contributed by atoms with Gasteiger partial charge in [0.1, 0.15) is 5.75 Å². The van der Waals surface area contributed by atoms with E-state index in [2.05, 4.69) is 0 Å². The molecule has 0 bridgehead atoms. The Morgan fingerprint density at radius 3 is 2.00 bits per heavy atom. The first kappa shape index (κ1) is 17.4. The van der Waals surface area contributed by atoms with Crippen LogP contribution in [0.5, 0.6) is 5.75 Å². The van der Waals surface area contributed by atoms with Crippen LogP contribution in [0.15, 0.2) is 12.1 Å². The fraction of sp³-hybridized carbons (Fsp3) is 0.571. The molecule has 3 nitrogen and oxygen atoms in total. The number of rotatable bonds is 2. The number of hydrogen-bond donors (Lipinski definition) is 0. The van der Waals surface area contributed by atoms with Gasteiger partial charge in [0.2, 0.25) is 0 Å². The highest BCUT2D eigenvalue weighted by atomic mass is 35.5. The minimum atomic E-state index is -4.57. The lowest BCUT2D eigenvalue weighted by Crippen LogP contribution is -2.41. The number of alkyl halides is 3. The van der Waals surface area contributed by atoms with Crippen LogP contribution in [0.25, 0.3) is 0 Å². The molecule has 0 N–H and O–H groups in total. The standard InChI is InChI=1S/C14H17BClF3O3/c1-12(2)13(3,4)22-15(21-12)9-7-11(20-5)10(16)6-8(9)14(17,18)19/h6-7H,1-5H3. The maximum Gasteiger partial charge on any atom is 0.495 e. The summed E-state index contributed by atoms with van der Waals surface area (Å²) >= 11 is 5.82. The zero-order chi connectivity index (χ0) is 16.9. The Morgan fingerprint density at radius 2 is 1.59 bits per heavy atom. The van der Waals surface area contributed by atoms with Crippen molar-refractivity contribution in [3.63, 3.8) is 0 Å². The maximum absolute atomic E-state index is 13.3. The summed E-state index contributed by atoms with van der Waals surface area (Å²) in [6, 6.07) is 2.05. The van der Waals surface area contributed by atoms with Crippen molar-refractivity contribution >= 4 is 24.2 Å². The average molecular weight is 337 g/mol. The Hall–Kier alpha value is -0.915. The molecule has 0 saturated carbocycles. The van der Waals surface area contributed by atoms with Crippen molar-refractivity contribution in [1.82, 2.24) is 0 Å². The van der Waals surface area contributed by atoms with Crippen molar-refractivity contribution in [2.45, 2.75) is 45.1 Å². The highest BCUT2D eigenvalue weighted by Gasteiger charge is 2.53. The van der Waals surface area contributed by atoms with Crippen molar-refractivity contribution in [3.05, 3.63) is 22.7 Å². The van der Waals surface area contributed by atoms with Crippen LogP contribution < -0.4 is 10.2 Å². The summed E-state index contributed by atoms with van der Waals surface area (Å²) in [6.07, 6.45) is -4.57. The highest BCUT2D eigenvalue weighted by molar-refractivity contribution is 6.63. The first-order valence-electron chi connectivity index (χ1n) is 6.69. The van der Waals surface area contributed by atoms with Crippen molar-refractivity contribution in [3.8, 4) is 5.75 Å². The van der Waals surface area contributed by atoms with Gasteiger partial charge < -0.3 is 14.0 Å². The molecule has 1 aliphatic heterocycles. The van der Waals surface area contributed by atoms with E-state index in [1.165, 1.54) is 13.2 Å². The van der Waals surface area contributed by atoms with E-state index in [0.717, 1.165) is 6.07 Å². The minimum absolute atomic E-state index is 0.116. The van der Waals surface area contributed by atoms with Gasteiger partial charge in [-0.3, -0.25) is 0 Å². The Balaban J connectivity index is 2.55. The van der Waals surface area contributed by atoms with Gasteiger partial charge in [-0.2, -0.15) is 13.2 Å². The van der Waals surface area contributed by atoms with Crippen LogP contribution in [-0.4, -0.2) is 25.4 Å². The molecule has 1 fully saturated rings. The van der Waals surface area contributed by atoms with Crippen molar-refractivity contribution < 1.29 is 27.2 Å². The summed E-state index contributed by atoms with van der Waals surface area (Å²) in [6.45, 7) is 7.08. The van der Waals surface area contributed by atoms with E-state index in [-0.39, 0.29) is 16.2 Å². The normalized spacial score (nSPS) is 20.3. The van der Waals surface area contributed by atoms with Crippen LogP contribution in [0.1, 0.15) is 33.3 Å². The van der Waals surface area contributed by atoms with Gasteiger partial charge in [0.25, 0.3) is 0 Å². The Kier molecular flexibility index (Phi) is 4.22. The number of halogens is 4. The van der Waals surface area contributed by atoms with Gasteiger partial charge in [-0.25, -0.2) is 0 Å². The smallest absolute Gasteiger partial charge is 0.495 e. The predicted molar refractivity (Wildman–Crippen MR) is 78.7 cm³/mol. The third kappa shape index (κ3) is 2.94. The fourth-order valence-corrected chi connectivity index (χ4v) is 2.38. The number of benzene rings is 1. The van der Waals surface area contributed by atoms with Gasteiger partial charge in [0.15, 0.2) is 0 Å². The second kappa shape index (κ2) is 5.32. The monoisotopic (exact) mass is 336 g/mol. The summed E-state index contributed by atoms with van der Waals surface area (Å²) < 4.78 is 56.3. The highest BCUT2D eigenvalue weighted by Crippen LogP contribution is 2.39. The Morgan fingerprint density at radius 1 is 1.09 bits per heavy atom. The molecule has 0 amide bonds. The van der Waals surface area contributed by atoms with Gasteiger partial charge in [-0.1, -0.05) is 11.6 Å². The first-order chi connectivity index (χ1) is 9.89. The molecule has 8 heteroatoms. The third-order valence-electron chi connectivity index (χ3n) is 4.14. The Labute approximate surface area is 132 Å². The molecule has 0 aromatic heterocycles. The van der Waals surface area contributed by atoms with Crippen molar-refractivity contribution in [2.75, 3.05) is 7.11 Å². The van der Waals surface area contributed by atoms with Crippen LogP contribution in [0, 0.1) is 0 Å². The van der Waals surface area contributed by atoms with E-state index in [4.69, 9.17) is 25.6 Å². The zero-order valence-corrected chi connectivity index (χ0v) is 13.7. The third-order valence-corrected chi connectivity index (χ3v) is 4.43. The molecule has 122 valence electrons. The largest absolute Gasteiger partial charge is 0.495 e. The molecule has 1 heterocycles. The molecule has 0 unspecified atom stereocenters. The number of methoxy groups -OCH3 is 1. The van der Waals surface area contributed by atoms with E-state index in [0.29, 0.717) is 0 Å². The molecule has 1 aliphatic rings. The molecule has 22 heavy (non-hydrogen) atoms. The summed E-state index contributed by atoms with van der Waals surface area (Å²) in [5, 5.41) is -0.116. The van der Waals surface area contributed by atoms with Crippen molar-refractivity contribution in [1.29, 1.82) is 0 Å². The molecule has 1 aromatic rings. The SMILES string of the molecule is COc1cc(B2OC(C)(C)C(C)(C)O2)c(C(F)(F)F)cc1Cl. The molecule has 0 spiro atoms. The van der Waals surface area contributed by atoms with Gasteiger partial charge in [0.05, 0.1) is 28.9 Å². The summed E-state index contributed by atoms with van der Waals surface area (Å²) in [5.74, 6) is 0.138. The molecular weight excluding hydrogens is 319 g/mol. The van der Waals surface area contributed by atoms with E-state index in [1.807, 2.05) is 0 Å². The van der Waals surface area contributed by atoms with Gasteiger partial charge in [-0.15, -0.1) is 0 Å². The number of hydrogen-bond acceptors (Lipinski definition) is 3. The summed E-state index contributed by atoms with van der Waals surface area (Å²) in [4.78, 5) is 0. The van der Waals surface area contributed by atoms with E-state index in [1.54, 1.807) is 27.7 Å². The van der Waals surface area contributed by atoms with Gasteiger partial charge in [-0.05, 0) is 45.3 Å². The molecule has 2 rings (SSSR count). The predicted octanol–water partition coefficient (Wildman–Crippen LogP) is 3.67. The maximum atomic E-state index is 13.3. The van der Waals surface area contributed by atoms with Crippen LogP contribution >= 0.6 is 11.6 Å².